The molecule has 0 saturated heterocycles. The van der Waals surface area contributed by atoms with Crippen LogP contribution in [0.5, 0.6) is 0 Å². The molecule has 1 N–H and O–H groups in total. The summed E-state index contributed by atoms with van der Waals surface area (Å²) in [6, 6.07) is 5.92. The van der Waals surface area contributed by atoms with Gasteiger partial charge in [-0.2, -0.15) is 0 Å². The van der Waals surface area contributed by atoms with Crippen molar-refractivity contribution in [2.75, 3.05) is 6.61 Å². The summed E-state index contributed by atoms with van der Waals surface area (Å²) in [5.74, 6) is 0.679. The zero-order valence-corrected chi connectivity index (χ0v) is 10.5. The van der Waals surface area contributed by atoms with E-state index in [1.54, 1.807) is 11.8 Å². The second-order valence-electron chi connectivity index (χ2n) is 4.38. The molecule has 0 atom stereocenters. The molecule has 4 heteroatoms. The molecule has 1 aromatic carbocycles. The second kappa shape index (κ2) is 4.11. The zero-order chi connectivity index (χ0) is 11.8. The molecule has 2 aromatic rings. The summed E-state index contributed by atoms with van der Waals surface area (Å²) >= 11 is 1.63. The minimum absolute atomic E-state index is 0.144. The molecule has 0 amide bonds. The molecule has 0 fully saturated rings. The van der Waals surface area contributed by atoms with Gasteiger partial charge in [0.15, 0.2) is 11.5 Å². The number of aryl methyl sites for hydroxylation is 1. The summed E-state index contributed by atoms with van der Waals surface area (Å²) in [4.78, 5) is 5.33. The first kappa shape index (κ1) is 11.5. The van der Waals surface area contributed by atoms with Crippen molar-refractivity contribution in [1.82, 2.24) is 4.98 Å². The van der Waals surface area contributed by atoms with E-state index in [-0.39, 0.29) is 11.4 Å². The number of aromatic nitrogens is 1. The lowest BCUT2D eigenvalue weighted by Gasteiger charge is -2.20. The van der Waals surface area contributed by atoms with Crippen LogP contribution in [0.4, 0.5) is 0 Å². The molecule has 0 aliphatic heterocycles. The molecule has 3 nitrogen and oxygen atoms in total. The van der Waals surface area contributed by atoms with Gasteiger partial charge in [0, 0.05) is 16.6 Å². The highest BCUT2D eigenvalue weighted by Crippen LogP contribution is 2.33. The van der Waals surface area contributed by atoms with E-state index < -0.39 is 0 Å². The number of hydrogen-bond donors (Lipinski definition) is 1. The van der Waals surface area contributed by atoms with E-state index in [0.29, 0.717) is 5.89 Å². The summed E-state index contributed by atoms with van der Waals surface area (Å²) in [7, 11) is 0. The molecule has 0 radical (unpaired) electrons. The molecule has 16 heavy (non-hydrogen) atoms. The molecule has 0 bridgehead atoms. The maximum absolute atomic E-state index is 9.22. The van der Waals surface area contributed by atoms with E-state index in [0.717, 1.165) is 16.0 Å². The molecule has 86 valence electrons. The first-order valence-corrected chi connectivity index (χ1v) is 5.99. The van der Waals surface area contributed by atoms with E-state index in [1.165, 1.54) is 0 Å². The standard InChI is InChI=1S/C12H15NO2S/c1-8-13-10-5-4-9(6-11(10)15-8)16-12(2,3)7-14/h4-6,14H,7H2,1-3H3. The van der Waals surface area contributed by atoms with Crippen LogP contribution in [0.3, 0.4) is 0 Å². The first-order chi connectivity index (χ1) is 7.50. The van der Waals surface area contributed by atoms with Crippen molar-refractivity contribution in [3.8, 4) is 0 Å². The number of thioether (sulfide) groups is 1. The number of fused-ring (bicyclic) bond motifs is 1. The highest BCUT2D eigenvalue weighted by atomic mass is 32.2. The van der Waals surface area contributed by atoms with Crippen LogP contribution in [0.1, 0.15) is 19.7 Å². The van der Waals surface area contributed by atoms with Crippen LogP contribution < -0.4 is 0 Å². The Balaban J connectivity index is 2.32. The summed E-state index contributed by atoms with van der Waals surface area (Å²) in [5.41, 5.74) is 1.68. The summed E-state index contributed by atoms with van der Waals surface area (Å²) in [5, 5.41) is 9.22. The predicted molar refractivity (Wildman–Crippen MR) is 65.8 cm³/mol. The Morgan fingerprint density at radius 3 is 2.88 bits per heavy atom. The number of nitrogens with zero attached hydrogens (tertiary/aromatic N) is 1. The average Bonchev–Trinajstić information content (AvgIpc) is 2.57. The molecule has 0 unspecified atom stereocenters. The lowest BCUT2D eigenvalue weighted by atomic mass is 10.2. The lowest BCUT2D eigenvalue weighted by molar-refractivity contribution is 0.265. The minimum Gasteiger partial charge on any atom is -0.441 e. The van der Waals surface area contributed by atoms with Gasteiger partial charge < -0.3 is 9.52 Å². The second-order valence-corrected chi connectivity index (χ2v) is 6.16. The van der Waals surface area contributed by atoms with Gasteiger partial charge in [0.25, 0.3) is 0 Å². The van der Waals surface area contributed by atoms with Gasteiger partial charge in [-0.1, -0.05) is 0 Å². The van der Waals surface area contributed by atoms with Crippen LogP contribution in [0, 0.1) is 6.92 Å². The van der Waals surface area contributed by atoms with Crippen molar-refractivity contribution in [2.24, 2.45) is 0 Å². The molecule has 0 aliphatic rings. The Morgan fingerprint density at radius 1 is 1.44 bits per heavy atom. The summed E-state index contributed by atoms with van der Waals surface area (Å²) in [6.07, 6.45) is 0. The number of oxazole rings is 1. The highest BCUT2D eigenvalue weighted by molar-refractivity contribution is 8.00. The maximum Gasteiger partial charge on any atom is 0.192 e. The zero-order valence-electron chi connectivity index (χ0n) is 9.65. The molecule has 1 heterocycles. The first-order valence-electron chi connectivity index (χ1n) is 5.17. The van der Waals surface area contributed by atoms with E-state index in [1.807, 2.05) is 39.0 Å². The van der Waals surface area contributed by atoms with Crippen molar-refractivity contribution in [3.63, 3.8) is 0 Å². The molecule has 1 aromatic heterocycles. The number of aliphatic hydroxyl groups is 1. The van der Waals surface area contributed by atoms with Gasteiger partial charge in [0.05, 0.1) is 6.61 Å². The quantitative estimate of drug-likeness (QED) is 0.834. The summed E-state index contributed by atoms with van der Waals surface area (Å²) in [6.45, 7) is 6.00. The Hall–Kier alpha value is -1.00. The van der Waals surface area contributed by atoms with Crippen LogP contribution in [-0.2, 0) is 0 Å². The molecule has 0 spiro atoms. The Labute approximate surface area is 98.9 Å². The van der Waals surface area contributed by atoms with Crippen LogP contribution >= 0.6 is 11.8 Å². The SMILES string of the molecule is Cc1nc2ccc(SC(C)(C)CO)cc2o1. The van der Waals surface area contributed by atoms with Crippen molar-refractivity contribution in [2.45, 2.75) is 30.4 Å². The Bertz CT molecular complexity index is 505. The van der Waals surface area contributed by atoms with E-state index >= 15 is 0 Å². The third-order valence-electron chi connectivity index (χ3n) is 2.24. The van der Waals surface area contributed by atoms with Gasteiger partial charge in [0.2, 0.25) is 0 Å². The number of aliphatic hydroxyl groups excluding tert-OH is 1. The fraction of sp³-hybridized carbons (Fsp3) is 0.417. The average molecular weight is 237 g/mol. The number of rotatable bonds is 3. The highest BCUT2D eigenvalue weighted by Gasteiger charge is 2.18. The Morgan fingerprint density at radius 2 is 2.19 bits per heavy atom. The normalized spacial score (nSPS) is 12.2. The minimum atomic E-state index is -0.178. The number of benzene rings is 1. The van der Waals surface area contributed by atoms with Gasteiger partial charge in [-0.3, -0.25) is 0 Å². The van der Waals surface area contributed by atoms with Crippen molar-refractivity contribution >= 4 is 22.9 Å². The molecule has 0 aliphatic carbocycles. The maximum atomic E-state index is 9.22. The van der Waals surface area contributed by atoms with Crippen molar-refractivity contribution in [3.05, 3.63) is 24.1 Å². The van der Waals surface area contributed by atoms with Gasteiger partial charge >= 0.3 is 0 Å². The topological polar surface area (TPSA) is 46.3 Å². The van der Waals surface area contributed by atoms with Gasteiger partial charge in [-0.15, -0.1) is 11.8 Å². The number of hydrogen-bond acceptors (Lipinski definition) is 4. The smallest absolute Gasteiger partial charge is 0.192 e. The molecule has 2 rings (SSSR count). The van der Waals surface area contributed by atoms with E-state index in [4.69, 9.17) is 4.42 Å². The van der Waals surface area contributed by atoms with Crippen LogP contribution in [0.15, 0.2) is 27.5 Å². The van der Waals surface area contributed by atoms with Crippen LogP contribution in [0.2, 0.25) is 0 Å². The van der Waals surface area contributed by atoms with E-state index in [9.17, 15) is 5.11 Å². The van der Waals surface area contributed by atoms with Gasteiger partial charge in [0.1, 0.15) is 5.52 Å². The molecule has 0 saturated carbocycles. The predicted octanol–water partition coefficient (Wildman–Crippen LogP) is 3.00. The van der Waals surface area contributed by atoms with Crippen molar-refractivity contribution < 1.29 is 9.52 Å². The van der Waals surface area contributed by atoms with Crippen LogP contribution in [0.25, 0.3) is 11.1 Å². The molecular weight excluding hydrogens is 222 g/mol. The largest absolute Gasteiger partial charge is 0.441 e. The van der Waals surface area contributed by atoms with Gasteiger partial charge in [-0.25, -0.2) is 4.98 Å². The molecular formula is C12H15NO2S. The Kier molecular flexibility index (Phi) is 2.95. The fourth-order valence-corrected chi connectivity index (χ4v) is 2.44. The third kappa shape index (κ3) is 2.39. The lowest BCUT2D eigenvalue weighted by Crippen LogP contribution is -2.19. The summed E-state index contributed by atoms with van der Waals surface area (Å²) < 4.78 is 5.29. The van der Waals surface area contributed by atoms with E-state index in [2.05, 4.69) is 4.98 Å². The van der Waals surface area contributed by atoms with Crippen molar-refractivity contribution in [1.29, 1.82) is 0 Å². The van der Waals surface area contributed by atoms with Crippen LogP contribution in [-0.4, -0.2) is 21.4 Å². The fourth-order valence-electron chi connectivity index (χ4n) is 1.43. The third-order valence-corrected chi connectivity index (χ3v) is 3.41. The monoisotopic (exact) mass is 237 g/mol. The van der Waals surface area contributed by atoms with Gasteiger partial charge in [-0.05, 0) is 32.0 Å².